The van der Waals surface area contributed by atoms with E-state index in [1.54, 1.807) is 12.4 Å². The predicted octanol–water partition coefficient (Wildman–Crippen LogP) is 2.29. The normalized spacial score (nSPS) is 10.2. The van der Waals surface area contributed by atoms with Crippen molar-refractivity contribution < 1.29 is 14.3 Å². The van der Waals surface area contributed by atoms with Gasteiger partial charge in [0.1, 0.15) is 10.6 Å². The molecule has 2 rings (SSSR count). The molecular weight excluding hydrogens is 292 g/mol. The second kappa shape index (κ2) is 6.98. The summed E-state index contributed by atoms with van der Waals surface area (Å²) in [5, 5.41) is 2.73. The summed E-state index contributed by atoms with van der Waals surface area (Å²) in [6.45, 7) is 6.33. The van der Waals surface area contributed by atoms with Gasteiger partial charge >= 0.3 is 6.01 Å². The third kappa shape index (κ3) is 3.66. The van der Waals surface area contributed by atoms with Crippen molar-refractivity contribution in [1.29, 1.82) is 0 Å². The fourth-order valence-electron chi connectivity index (χ4n) is 1.58. The maximum Gasteiger partial charge on any atom is 0.319 e. The average molecular weight is 308 g/mol. The summed E-state index contributed by atoms with van der Waals surface area (Å²) in [6.07, 6.45) is 1.47. The molecule has 2 aromatic heterocycles. The zero-order valence-electron chi connectivity index (χ0n) is 12.0. The number of amides is 1. The van der Waals surface area contributed by atoms with Crippen molar-refractivity contribution in [3.8, 4) is 11.9 Å². The van der Waals surface area contributed by atoms with Crippen molar-refractivity contribution in [2.45, 2.75) is 20.8 Å². The second-order valence-corrected chi connectivity index (χ2v) is 4.81. The molecule has 0 aliphatic rings. The van der Waals surface area contributed by atoms with Gasteiger partial charge in [-0.15, -0.1) is 11.3 Å². The number of nitrogens with one attached hydrogen (secondary N) is 1. The first-order valence-corrected chi connectivity index (χ1v) is 7.37. The van der Waals surface area contributed by atoms with E-state index in [0.717, 1.165) is 0 Å². The van der Waals surface area contributed by atoms with E-state index in [4.69, 9.17) is 9.47 Å². The molecule has 7 nitrogen and oxygen atoms in total. The third-order valence-electron chi connectivity index (χ3n) is 2.49. The van der Waals surface area contributed by atoms with Crippen molar-refractivity contribution >= 4 is 22.9 Å². The Kier molecular flexibility index (Phi) is 5.04. The summed E-state index contributed by atoms with van der Waals surface area (Å²) in [5.74, 6) is 0.0233. The van der Waals surface area contributed by atoms with Gasteiger partial charge in [0.2, 0.25) is 5.88 Å². The Morgan fingerprint density at radius 2 is 2.05 bits per heavy atom. The molecule has 0 saturated carbocycles. The minimum Gasteiger partial charge on any atom is -0.476 e. The molecule has 1 amide bonds. The Bertz CT molecular complexity index is 630. The number of hydrogen-bond acceptors (Lipinski definition) is 7. The van der Waals surface area contributed by atoms with Gasteiger partial charge in [-0.1, -0.05) is 0 Å². The summed E-state index contributed by atoms with van der Waals surface area (Å²) in [5.41, 5.74) is 2.71. The van der Waals surface area contributed by atoms with Crippen LogP contribution in [0.5, 0.6) is 11.9 Å². The number of aryl methyl sites for hydroxylation is 1. The lowest BCUT2D eigenvalue weighted by Gasteiger charge is -2.11. The van der Waals surface area contributed by atoms with Gasteiger partial charge in [-0.25, -0.2) is 9.97 Å². The fraction of sp³-hybridized carbons (Fsp3) is 0.385. The first kappa shape index (κ1) is 15.2. The summed E-state index contributed by atoms with van der Waals surface area (Å²) in [4.78, 5) is 24.9. The van der Waals surface area contributed by atoms with Crippen LogP contribution in [0.15, 0.2) is 11.7 Å². The topological polar surface area (TPSA) is 86.2 Å². The van der Waals surface area contributed by atoms with Crippen LogP contribution < -0.4 is 14.8 Å². The first-order chi connectivity index (χ1) is 10.2. The largest absolute Gasteiger partial charge is 0.476 e. The average Bonchev–Trinajstić information content (AvgIpc) is 2.88. The van der Waals surface area contributed by atoms with Crippen LogP contribution in [-0.2, 0) is 0 Å². The Labute approximate surface area is 126 Å². The highest BCUT2D eigenvalue weighted by molar-refractivity contribution is 7.12. The summed E-state index contributed by atoms with van der Waals surface area (Å²) in [7, 11) is 0. The van der Waals surface area contributed by atoms with Gasteiger partial charge in [-0.2, -0.15) is 4.98 Å². The van der Waals surface area contributed by atoms with Gasteiger partial charge in [0.05, 0.1) is 30.6 Å². The molecule has 112 valence electrons. The third-order valence-corrected chi connectivity index (χ3v) is 3.41. The Balaban J connectivity index is 2.22. The maximum atomic E-state index is 12.2. The monoisotopic (exact) mass is 308 g/mol. The number of anilines is 1. The van der Waals surface area contributed by atoms with Crippen LogP contribution in [0.1, 0.15) is 29.2 Å². The zero-order chi connectivity index (χ0) is 15.2. The Morgan fingerprint density at radius 1 is 1.29 bits per heavy atom. The molecule has 0 saturated heterocycles. The Morgan fingerprint density at radius 3 is 2.67 bits per heavy atom. The van der Waals surface area contributed by atoms with Crippen LogP contribution in [0.3, 0.4) is 0 Å². The van der Waals surface area contributed by atoms with Gasteiger partial charge in [0, 0.05) is 0 Å². The minimum atomic E-state index is -0.260. The van der Waals surface area contributed by atoms with E-state index in [2.05, 4.69) is 20.3 Å². The number of rotatable bonds is 6. The lowest BCUT2D eigenvalue weighted by Crippen LogP contribution is -2.14. The molecule has 0 aromatic carbocycles. The number of nitrogens with zero attached hydrogens (tertiary/aromatic N) is 3. The van der Waals surface area contributed by atoms with E-state index >= 15 is 0 Å². The van der Waals surface area contributed by atoms with E-state index in [1.165, 1.54) is 17.5 Å². The SMILES string of the molecule is CCOc1ncc(NC(=O)c2scnc2C)c(OCC)n1. The minimum absolute atomic E-state index is 0.216. The van der Waals surface area contributed by atoms with Crippen molar-refractivity contribution in [1.82, 2.24) is 15.0 Å². The molecule has 0 fully saturated rings. The fourth-order valence-corrected chi connectivity index (χ4v) is 2.28. The first-order valence-electron chi connectivity index (χ1n) is 6.49. The predicted molar refractivity (Wildman–Crippen MR) is 79.2 cm³/mol. The summed E-state index contributed by atoms with van der Waals surface area (Å²) >= 11 is 1.28. The van der Waals surface area contributed by atoms with E-state index in [9.17, 15) is 4.79 Å². The number of thiazole rings is 1. The van der Waals surface area contributed by atoms with Crippen LogP contribution in [0.2, 0.25) is 0 Å². The molecule has 8 heteroatoms. The van der Waals surface area contributed by atoms with Crippen LogP contribution in [0.25, 0.3) is 0 Å². The standard InChI is InChI=1S/C13H16N4O3S/c1-4-19-12-9(6-14-13(17-12)20-5-2)16-11(18)10-8(3)15-7-21-10/h6-7H,4-5H2,1-3H3,(H,16,18). The lowest BCUT2D eigenvalue weighted by molar-refractivity contribution is 0.102. The molecule has 0 aliphatic carbocycles. The van der Waals surface area contributed by atoms with Gasteiger partial charge < -0.3 is 14.8 Å². The highest BCUT2D eigenvalue weighted by atomic mass is 32.1. The smallest absolute Gasteiger partial charge is 0.319 e. The molecule has 0 bridgehead atoms. The van der Waals surface area contributed by atoms with Crippen LogP contribution >= 0.6 is 11.3 Å². The van der Waals surface area contributed by atoms with Gasteiger partial charge in [0.25, 0.3) is 5.91 Å². The van der Waals surface area contributed by atoms with Gasteiger partial charge in [-0.3, -0.25) is 4.79 Å². The van der Waals surface area contributed by atoms with Gasteiger partial charge in [-0.05, 0) is 20.8 Å². The van der Waals surface area contributed by atoms with Crippen LogP contribution in [-0.4, -0.2) is 34.1 Å². The van der Waals surface area contributed by atoms with Crippen molar-refractivity contribution in [3.05, 3.63) is 22.3 Å². The number of ether oxygens (including phenoxy) is 2. The second-order valence-electron chi connectivity index (χ2n) is 3.96. The molecule has 0 atom stereocenters. The van der Waals surface area contributed by atoms with Crippen molar-refractivity contribution in [2.75, 3.05) is 18.5 Å². The molecular formula is C13H16N4O3S. The molecule has 2 heterocycles. The van der Waals surface area contributed by atoms with E-state index in [-0.39, 0.29) is 17.8 Å². The zero-order valence-corrected chi connectivity index (χ0v) is 12.9. The molecule has 0 aliphatic heterocycles. The van der Waals surface area contributed by atoms with Crippen molar-refractivity contribution in [3.63, 3.8) is 0 Å². The summed E-state index contributed by atoms with van der Waals surface area (Å²) in [6, 6.07) is 0.216. The molecule has 21 heavy (non-hydrogen) atoms. The van der Waals surface area contributed by atoms with E-state index < -0.39 is 0 Å². The van der Waals surface area contributed by atoms with E-state index in [0.29, 0.717) is 29.5 Å². The van der Waals surface area contributed by atoms with Gasteiger partial charge in [0.15, 0.2) is 0 Å². The molecule has 0 radical (unpaired) electrons. The summed E-state index contributed by atoms with van der Waals surface area (Å²) < 4.78 is 10.6. The number of hydrogen-bond donors (Lipinski definition) is 1. The highest BCUT2D eigenvalue weighted by Crippen LogP contribution is 2.24. The van der Waals surface area contributed by atoms with Crippen LogP contribution in [0.4, 0.5) is 5.69 Å². The number of aromatic nitrogens is 3. The lowest BCUT2D eigenvalue weighted by atomic mass is 10.3. The Hall–Kier alpha value is -2.22. The quantitative estimate of drug-likeness (QED) is 0.881. The molecule has 0 unspecified atom stereocenters. The molecule has 0 spiro atoms. The number of carbonyl (C=O) groups excluding carboxylic acids is 1. The highest BCUT2D eigenvalue weighted by Gasteiger charge is 2.16. The number of carbonyl (C=O) groups is 1. The maximum absolute atomic E-state index is 12.2. The molecule has 2 aromatic rings. The van der Waals surface area contributed by atoms with Crippen molar-refractivity contribution in [2.24, 2.45) is 0 Å². The van der Waals surface area contributed by atoms with E-state index in [1.807, 2.05) is 13.8 Å². The van der Waals surface area contributed by atoms with Crippen LogP contribution in [0, 0.1) is 6.92 Å². The molecule has 1 N–H and O–H groups in total.